The fraction of sp³-hybridized carbons (Fsp3) is 0.857. The molecule has 0 unspecified atom stereocenters. The number of unbranched alkanes of at least 4 members (excludes halogenated alkanes) is 24. The molecule has 0 aromatic carbocycles. The predicted molar refractivity (Wildman–Crippen MR) is 202 cm³/mol. The number of hydrogen-bond acceptors (Lipinski definition) is 4. The van der Waals surface area contributed by atoms with Crippen molar-refractivity contribution in [1.82, 2.24) is 0 Å². The van der Waals surface area contributed by atoms with E-state index in [4.69, 9.17) is 10.2 Å². The third-order valence-electron chi connectivity index (χ3n) is 8.35. The fourth-order valence-electron chi connectivity index (χ4n) is 5.25. The van der Waals surface area contributed by atoms with Gasteiger partial charge in [0, 0.05) is 12.8 Å². The van der Waals surface area contributed by atoms with Gasteiger partial charge in [0.15, 0.2) is 0 Å². The summed E-state index contributed by atoms with van der Waals surface area (Å²) in [4.78, 5) is 20.6. The molecule has 0 saturated carbocycles. The van der Waals surface area contributed by atoms with E-state index in [1.807, 2.05) is 6.92 Å². The van der Waals surface area contributed by atoms with Gasteiger partial charge in [-0.1, -0.05) is 173 Å². The molecule has 0 aliphatic rings. The molecule has 0 rings (SSSR count). The van der Waals surface area contributed by atoms with Gasteiger partial charge in [-0.15, -0.1) is 0 Å². The fourth-order valence-corrected chi connectivity index (χ4v) is 5.25. The zero-order valence-electron chi connectivity index (χ0n) is 32.5. The Hall–Kier alpha value is -0.946. The van der Waals surface area contributed by atoms with Gasteiger partial charge in [0.25, 0.3) is 0 Å². The van der Waals surface area contributed by atoms with Crippen LogP contribution in [0.2, 0.25) is 0 Å². The zero-order valence-corrected chi connectivity index (χ0v) is 34.1. The quantitative estimate of drug-likeness (QED) is 0.0294. The van der Waals surface area contributed by atoms with Crippen molar-refractivity contribution in [3.05, 3.63) is 24.3 Å². The first kappa shape index (κ1) is 54.8. The van der Waals surface area contributed by atoms with Crippen LogP contribution in [0, 0.1) is 0 Å². The predicted octanol–water partition coefficient (Wildman–Crippen LogP) is 11.8. The van der Waals surface area contributed by atoms with E-state index in [0.29, 0.717) is 19.3 Å². The summed E-state index contributed by atoms with van der Waals surface area (Å²) >= 11 is 0. The Morgan fingerprint density at radius 2 is 0.673 bits per heavy atom. The maximum atomic E-state index is 10.3. The van der Waals surface area contributed by atoms with Gasteiger partial charge in [0.05, 0.1) is 0 Å². The van der Waals surface area contributed by atoms with E-state index in [0.717, 1.165) is 44.9 Å². The Labute approximate surface area is 319 Å². The molecule has 0 radical (unpaired) electrons. The molecule has 7 heteroatoms. The SMILES string of the molecule is CCCCCC([O-])[O-].CCCCCCCC/C=C\CCCCCCCC(=O)O.CCCCCCCC/C=C\CCCCCCCC(=O)O.[Ti+2]. The molecule has 0 aliphatic carbocycles. The molecule has 0 bridgehead atoms. The van der Waals surface area contributed by atoms with Crippen molar-refractivity contribution in [1.29, 1.82) is 0 Å². The smallest absolute Gasteiger partial charge is 0.865 e. The van der Waals surface area contributed by atoms with Gasteiger partial charge in [-0.3, -0.25) is 9.59 Å². The third kappa shape index (κ3) is 66.0. The summed E-state index contributed by atoms with van der Waals surface area (Å²) in [7, 11) is 0. The average Bonchev–Trinajstić information content (AvgIpc) is 3.05. The van der Waals surface area contributed by atoms with E-state index in [-0.39, 0.29) is 21.7 Å². The molecule has 49 heavy (non-hydrogen) atoms. The number of carboxylic acid groups (broad SMARTS) is 2. The van der Waals surface area contributed by atoms with Gasteiger partial charge in [0.2, 0.25) is 0 Å². The molecule has 0 aromatic heterocycles. The summed E-state index contributed by atoms with van der Waals surface area (Å²) in [6, 6.07) is 0. The first-order chi connectivity index (χ1) is 23.3. The van der Waals surface area contributed by atoms with E-state index in [9.17, 15) is 19.8 Å². The molecule has 0 aromatic rings. The average molecular weight is 729 g/mol. The van der Waals surface area contributed by atoms with Crippen LogP contribution in [0.15, 0.2) is 24.3 Å². The van der Waals surface area contributed by atoms with Gasteiger partial charge in [-0.2, -0.15) is 0 Å². The maximum Gasteiger partial charge on any atom is 2.00 e. The molecular formula is C42H80O6Ti. The second kappa shape index (κ2) is 51.4. The second-order valence-corrected chi connectivity index (χ2v) is 13.4. The molecular weight excluding hydrogens is 648 g/mol. The van der Waals surface area contributed by atoms with Crippen molar-refractivity contribution in [2.24, 2.45) is 0 Å². The van der Waals surface area contributed by atoms with Crippen LogP contribution in [0.25, 0.3) is 0 Å². The summed E-state index contributed by atoms with van der Waals surface area (Å²) in [6.07, 6.45) is 44.1. The van der Waals surface area contributed by atoms with Gasteiger partial charge in [-0.05, 0) is 64.2 Å². The molecule has 2 N–H and O–H groups in total. The first-order valence-electron chi connectivity index (χ1n) is 20.4. The summed E-state index contributed by atoms with van der Waals surface area (Å²) < 4.78 is 0. The molecule has 0 spiro atoms. The molecule has 0 atom stereocenters. The van der Waals surface area contributed by atoms with Crippen LogP contribution in [0.5, 0.6) is 0 Å². The van der Waals surface area contributed by atoms with E-state index < -0.39 is 18.2 Å². The number of carboxylic acids is 2. The van der Waals surface area contributed by atoms with Crippen LogP contribution in [0.4, 0.5) is 0 Å². The zero-order chi connectivity index (χ0) is 36.2. The van der Waals surface area contributed by atoms with Crippen LogP contribution < -0.4 is 10.2 Å². The van der Waals surface area contributed by atoms with Crippen molar-refractivity contribution in [3.63, 3.8) is 0 Å². The molecule has 0 aliphatic heterocycles. The number of aliphatic carboxylic acids is 2. The van der Waals surface area contributed by atoms with Crippen LogP contribution in [-0.4, -0.2) is 28.4 Å². The molecule has 6 nitrogen and oxygen atoms in total. The summed E-state index contributed by atoms with van der Waals surface area (Å²) in [6.45, 7) is 6.56. The monoisotopic (exact) mass is 729 g/mol. The Kier molecular flexibility index (Phi) is 57.5. The van der Waals surface area contributed by atoms with Crippen molar-refractivity contribution in [3.8, 4) is 0 Å². The number of allylic oxidation sites excluding steroid dienone is 4. The molecule has 0 heterocycles. The maximum absolute atomic E-state index is 10.3. The standard InChI is InChI=1S/2C18H34O2.C6H12O2.Ti/c2*1-2-3-4-5-6-7-8-9-10-11-12-13-14-15-16-17-18(19)20;1-2-3-4-5-6(7)8;/h2*9-10H,2-8,11-17H2,1H3,(H,19,20);6H,2-5H2,1H3;/q;;-2;+2/b2*10-9-;;. The Morgan fingerprint density at radius 1 is 0.429 bits per heavy atom. The molecule has 0 amide bonds. The van der Waals surface area contributed by atoms with Gasteiger partial charge in [-0.25, -0.2) is 6.29 Å². The van der Waals surface area contributed by atoms with Crippen molar-refractivity contribution in [2.45, 2.75) is 233 Å². The van der Waals surface area contributed by atoms with E-state index >= 15 is 0 Å². The normalized spacial score (nSPS) is 10.9. The minimum atomic E-state index is -1.60. The Bertz CT molecular complexity index is 630. The van der Waals surface area contributed by atoms with Crippen LogP contribution in [0.1, 0.15) is 226 Å². The first-order valence-corrected chi connectivity index (χ1v) is 20.4. The number of hydrogen-bond donors (Lipinski definition) is 2. The van der Waals surface area contributed by atoms with E-state index in [1.165, 1.54) is 141 Å². The van der Waals surface area contributed by atoms with Gasteiger partial charge < -0.3 is 20.4 Å². The molecule has 0 fully saturated rings. The third-order valence-corrected chi connectivity index (χ3v) is 8.35. The van der Waals surface area contributed by atoms with Crippen LogP contribution >= 0.6 is 0 Å². The minimum Gasteiger partial charge on any atom is -0.865 e. The summed E-state index contributed by atoms with van der Waals surface area (Å²) in [5.74, 6) is -1.33. The van der Waals surface area contributed by atoms with E-state index in [2.05, 4.69) is 38.2 Å². The van der Waals surface area contributed by atoms with Crippen molar-refractivity contribution in [2.75, 3.05) is 0 Å². The Morgan fingerprint density at radius 3 is 0.939 bits per heavy atom. The van der Waals surface area contributed by atoms with Crippen molar-refractivity contribution >= 4 is 11.9 Å². The second-order valence-electron chi connectivity index (χ2n) is 13.4. The number of carbonyl (C=O) groups is 2. The van der Waals surface area contributed by atoms with Gasteiger partial charge in [0.1, 0.15) is 0 Å². The topological polar surface area (TPSA) is 121 Å². The molecule has 288 valence electrons. The summed E-state index contributed by atoms with van der Waals surface area (Å²) in [5.41, 5.74) is 0. The van der Waals surface area contributed by atoms with Crippen LogP contribution in [-0.2, 0) is 31.3 Å². The Balaban J connectivity index is -0.000000333. The number of rotatable bonds is 34. The minimum absolute atomic E-state index is 0. The summed E-state index contributed by atoms with van der Waals surface area (Å²) in [5, 5.41) is 36.7. The molecule has 0 saturated heterocycles. The van der Waals surface area contributed by atoms with Crippen molar-refractivity contribution < 1.29 is 51.7 Å². The largest absolute Gasteiger partial charge is 2.00 e. The van der Waals surface area contributed by atoms with E-state index in [1.54, 1.807) is 0 Å². The van der Waals surface area contributed by atoms with Crippen LogP contribution in [0.3, 0.4) is 0 Å². The van der Waals surface area contributed by atoms with Gasteiger partial charge >= 0.3 is 33.7 Å².